The van der Waals surface area contributed by atoms with Crippen molar-refractivity contribution in [2.45, 2.75) is 0 Å². The van der Waals surface area contributed by atoms with Crippen LogP contribution in [0.3, 0.4) is 0 Å². The SMILES string of the molecule is O.O.O.O.O.O.O=S(=O)([O-])[O-].O=S(=O)([O-])[O-].[Ni+2].[Ni+2]. The van der Waals surface area contributed by atoms with Crippen LogP contribution < -0.4 is 0 Å². The first-order valence-corrected chi connectivity index (χ1v) is 4.00. The molecule has 0 aliphatic rings. The van der Waals surface area contributed by atoms with Crippen LogP contribution in [0.1, 0.15) is 0 Å². The second kappa shape index (κ2) is 30.5. The van der Waals surface area contributed by atoms with Crippen molar-refractivity contribution in [3.05, 3.63) is 0 Å². The molecule has 0 amide bonds. The van der Waals surface area contributed by atoms with Crippen LogP contribution in [0.5, 0.6) is 0 Å². The Hall–Kier alpha value is 0.487. The molecule has 18 heteroatoms. The Bertz CT molecular complexity index is 214. The maximum atomic E-state index is 8.52. The molecule has 18 heavy (non-hydrogen) atoms. The van der Waals surface area contributed by atoms with Crippen molar-refractivity contribution < 1.29 is 101 Å². The molecule has 0 bridgehead atoms. The van der Waals surface area contributed by atoms with E-state index < -0.39 is 20.8 Å². The second-order valence-corrected chi connectivity index (χ2v) is 2.45. The van der Waals surface area contributed by atoms with E-state index in [9.17, 15) is 0 Å². The minimum atomic E-state index is -5.17. The molecule has 0 aromatic rings. The van der Waals surface area contributed by atoms with Gasteiger partial charge in [0.15, 0.2) is 0 Å². The van der Waals surface area contributed by atoms with Gasteiger partial charge in [0.1, 0.15) is 0 Å². The van der Waals surface area contributed by atoms with Gasteiger partial charge in [-0.15, -0.1) is 0 Å². The van der Waals surface area contributed by atoms with E-state index in [1.54, 1.807) is 0 Å². The molecule has 0 spiro atoms. The van der Waals surface area contributed by atoms with Gasteiger partial charge >= 0.3 is 33.0 Å². The smallest absolute Gasteiger partial charge is 0.759 e. The van der Waals surface area contributed by atoms with Crippen LogP contribution in [-0.2, 0) is 53.8 Å². The molecular weight excluding hydrogens is 406 g/mol. The summed E-state index contributed by atoms with van der Waals surface area (Å²) in [5.41, 5.74) is 0. The van der Waals surface area contributed by atoms with Crippen LogP contribution in [0.4, 0.5) is 0 Å². The van der Waals surface area contributed by atoms with E-state index in [1.165, 1.54) is 0 Å². The first-order valence-electron chi connectivity index (χ1n) is 1.33. The second-order valence-electron chi connectivity index (χ2n) is 0.816. The average molecular weight is 418 g/mol. The molecule has 0 aromatic carbocycles. The molecule has 0 aliphatic heterocycles. The average Bonchev–Trinajstić information content (AvgIpc) is 1.12. The van der Waals surface area contributed by atoms with E-state index in [-0.39, 0.29) is 65.8 Å². The van der Waals surface area contributed by atoms with Gasteiger partial charge in [-0.25, -0.2) is 0 Å². The van der Waals surface area contributed by atoms with Crippen molar-refractivity contribution in [1.29, 1.82) is 0 Å². The van der Waals surface area contributed by atoms with Crippen LogP contribution in [0.2, 0.25) is 0 Å². The molecule has 0 unspecified atom stereocenters. The standard InChI is InChI=1S/2Ni.2H2O4S.6H2O/c;;2*1-5(2,3)4;;;;;;/h;;2*(H2,1,2,3,4);6*1H2/q2*+2;;;;;;;;/p-4. The zero-order valence-electron chi connectivity index (χ0n) is 7.71. The van der Waals surface area contributed by atoms with Gasteiger partial charge in [-0.1, -0.05) is 0 Å². The van der Waals surface area contributed by atoms with E-state index >= 15 is 0 Å². The van der Waals surface area contributed by atoms with Crippen LogP contribution in [0, 0.1) is 0 Å². The Morgan fingerprint density at radius 3 is 0.444 bits per heavy atom. The Morgan fingerprint density at radius 1 is 0.444 bits per heavy atom. The van der Waals surface area contributed by atoms with Crippen molar-refractivity contribution in [2.24, 2.45) is 0 Å². The number of hydrogen-bond donors (Lipinski definition) is 0. The summed E-state index contributed by atoms with van der Waals surface area (Å²) in [6.07, 6.45) is 0. The van der Waals surface area contributed by atoms with E-state index in [4.69, 9.17) is 35.0 Å². The summed E-state index contributed by atoms with van der Waals surface area (Å²) < 4.78 is 68.2. The largest absolute Gasteiger partial charge is 2.00 e. The fourth-order valence-corrected chi connectivity index (χ4v) is 0. The quantitative estimate of drug-likeness (QED) is 0.206. The zero-order chi connectivity index (χ0) is 9.00. The molecule has 0 fully saturated rings. The summed E-state index contributed by atoms with van der Waals surface area (Å²) in [5.74, 6) is 0. The molecule has 12 N–H and O–H groups in total. The Kier molecular flexibility index (Phi) is 133. The molecule has 0 rings (SSSR count). The van der Waals surface area contributed by atoms with Crippen LogP contribution in [0.15, 0.2) is 0 Å². The van der Waals surface area contributed by atoms with Gasteiger partial charge in [0, 0.05) is 20.8 Å². The molecular formula is H12Ni2O14S2. The summed E-state index contributed by atoms with van der Waals surface area (Å²) in [5, 5.41) is 0. The Labute approximate surface area is 122 Å². The normalized spacial score (nSPS) is 6.44. The third-order valence-electron chi connectivity index (χ3n) is 0. The molecule has 0 aromatic heterocycles. The van der Waals surface area contributed by atoms with Gasteiger partial charge in [-0.3, -0.25) is 16.8 Å². The topological polar surface area (TPSA) is 350 Å². The van der Waals surface area contributed by atoms with Gasteiger partial charge in [0.05, 0.1) is 0 Å². The number of hydrogen-bond acceptors (Lipinski definition) is 8. The Morgan fingerprint density at radius 2 is 0.444 bits per heavy atom. The molecule has 0 heterocycles. The summed E-state index contributed by atoms with van der Waals surface area (Å²) in [4.78, 5) is 0. The van der Waals surface area contributed by atoms with Crippen LogP contribution in [0.25, 0.3) is 0 Å². The minimum Gasteiger partial charge on any atom is -0.759 e. The molecule has 0 radical (unpaired) electrons. The molecule has 14 nitrogen and oxygen atoms in total. The minimum absolute atomic E-state index is 0. The third kappa shape index (κ3) is 16700. The van der Waals surface area contributed by atoms with E-state index in [2.05, 4.69) is 0 Å². The van der Waals surface area contributed by atoms with Crippen LogP contribution in [-0.4, -0.2) is 67.9 Å². The van der Waals surface area contributed by atoms with Crippen molar-refractivity contribution in [1.82, 2.24) is 0 Å². The van der Waals surface area contributed by atoms with Gasteiger partial charge in [-0.2, -0.15) is 0 Å². The Balaban J connectivity index is -0.00000000615. The van der Waals surface area contributed by atoms with E-state index in [0.717, 1.165) is 0 Å². The molecule has 0 aliphatic carbocycles. The molecule has 0 saturated heterocycles. The fourth-order valence-electron chi connectivity index (χ4n) is 0. The maximum absolute atomic E-state index is 8.52. The predicted octanol–water partition coefficient (Wildman–Crippen LogP) is -7.63. The monoisotopic (exact) mass is 416 g/mol. The van der Waals surface area contributed by atoms with E-state index in [0.29, 0.717) is 0 Å². The van der Waals surface area contributed by atoms with E-state index in [1.807, 2.05) is 0 Å². The van der Waals surface area contributed by atoms with Crippen molar-refractivity contribution >= 4 is 20.8 Å². The summed E-state index contributed by atoms with van der Waals surface area (Å²) >= 11 is 0. The summed E-state index contributed by atoms with van der Waals surface area (Å²) in [6.45, 7) is 0. The zero-order valence-corrected chi connectivity index (χ0v) is 11.3. The first kappa shape index (κ1) is 78.5. The summed E-state index contributed by atoms with van der Waals surface area (Å²) in [7, 11) is -10.3. The number of rotatable bonds is 0. The molecule has 0 atom stereocenters. The van der Waals surface area contributed by atoms with Gasteiger partial charge in [0.25, 0.3) is 0 Å². The van der Waals surface area contributed by atoms with Gasteiger partial charge < -0.3 is 51.1 Å². The van der Waals surface area contributed by atoms with Gasteiger partial charge in [0.2, 0.25) is 0 Å². The first-order chi connectivity index (χ1) is 4.00. The maximum Gasteiger partial charge on any atom is 2.00 e. The van der Waals surface area contributed by atoms with Crippen molar-refractivity contribution in [3.8, 4) is 0 Å². The van der Waals surface area contributed by atoms with Gasteiger partial charge in [-0.05, 0) is 0 Å². The van der Waals surface area contributed by atoms with Crippen molar-refractivity contribution in [3.63, 3.8) is 0 Å². The fraction of sp³-hybridized carbons (Fsp3) is 0. The van der Waals surface area contributed by atoms with Crippen molar-refractivity contribution in [2.75, 3.05) is 0 Å². The summed E-state index contributed by atoms with van der Waals surface area (Å²) in [6, 6.07) is 0. The third-order valence-corrected chi connectivity index (χ3v) is 0. The predicted molar refractivity (Wildman–Crippen MR) is 42.6 cm³/mol. The van der Waals surface area contributed by atoms with Crippen LogP contribution >= 0.6 is 0 Å². The molecule has 0 saturated carbocycles. The molecule has 128 valence electrons.